The molecule has 1 atom stereocenters. The van der Waals surface area contributed by atoms with Crippen molar-refractivity contribution in [3.05, 3.63) is 58.3 Å². The third kappa shape index (κ3) is 3.17. The van der Waals surface area contributed by atoms with Gasteiger partial charge in [-0.2, -0.15) is 0 Å². The van der Waals surface area contributed by atoms with E-state index in [2.05, 4.69) is 27.0 Å². The second-order valence-electron chi connectivity index (χ2n) is 6.72. The molecule has 4 rings (SSSR count). The summed E-state index contributed by atoms with van der Waals surface area (Å²) in [4.78, 5) is 26.7. The number of fused-ring (bicyclic) bond motifs is 1. The fraction of sp³-hybridized carbons (Fsp3) is 0.421. The summed E-state index contributed by atoms with van der Waals surface area (Å²) in [5.74, 6) is 1.34. The van der Waals surface area contributed by atoms with Gasteiger partial charge in [-0.25, -0.2) is 4.98 Å². The number of hydrogen-bond acceptors (Lipinski definition) is 4. The van der Waals surface area contributed by atoms with Crippen molar-refractivity contribution in [3.8, 4) is 11.4 Å². The number of pyridine rings is 1. The van der Waals surface area contributed by atoms with Gasteiger partial charge in [-0.3, -0.25) is 14.7 Å². The minimum absolute atomic E-state index is 0.00732. The summed E-state index contributed by atoms with van der Waals surface area (Å²) in [7, 11) is 0. The molecule has 24 heavy (non-hydrogen) atoms. The van der Waals surface area contributed by atoms with Crippen LogP contribution in [0.25, 0.3) is 11.4 Å². The number of nitrogens with one attached hydrogen (secondary N) is 1. The van der Waals surface area contributed by atoms with Crippen molar-refractivity contribution in [1.29, 1.82) is 0 Å². The molecule has 124 valence electrons. The van der Waals surface area contributed by atoms with Gasteiger partial charge in [-0.05, 0) is 37.3 Å². The van der Waals surface area contributed by atoms with Gasteiger partial charge in [-0.1, -0.05) is 12.2 Å². The quantitative estimate of drug-likeness (QED) is 0.882. The first-order valence-electron chi connectivity index (χ1n) is 8.69. The molecule has 0 radical (unpaired) electrons. The molecule has 5 nitrogen and oxygen atoms in total. The normalized spacial score (nSPS) is 20.8. The zero-order valence-corrected chi connectivity index (χ0v) is 13.7. The van der Waals surface area contributed by atoms with E-state index in [0.29, 0.717) is 12.4 Å². The van der Waals surface area contributed by atoms with Crippen LogP contribution in [0.5, 0.6) is 0 Å². The van der Waals surface area contributed by atoms with E-state index in [-0.39, 0.29) is 5.56 Å². The number of hydrogen-bond donors (Lipinski definition) is 1. The average molecular weight is 322 g/mol. The molecule has 0 saturated heterocycles. The Hall–Kier alpha value is -2.27. The highest BCUT2D eigenvalue weighted by atomic mass is 16.1. The van der Waals surface area contributed by atoms with Gasteiger partial charge in [0.25, 0.3) is 5.56 Å². The number of aromatic nitrogens is 3. The van der Waals surface area contributed by atoms with Crippen molar-refractivity contribution in [2.45, 2.75) is 32.2 Å². The standard InChI is InChI=1S/C19H22N4O/c24-19-16-13-23(12-14-5-2-1-3-6-14)10-8-17(16)21-18(22-19)15-7-4-9-20-11-15/h1-2,4,7,9,11,14H,3,5-6,8,10,12-13H2,(H,21,22,24). The lowest BCUT2D eigenvalue weighted by Gasteiger charge is -2.31. The first-order chi connectivity index (χ1) is 11.8. The Morgan fingerprint density at radius 1 is 1.33 bits per heavy atom. The maximum absolute atomic E-state index is 12.5. The molecule has 0 saturated carbocycles. The monoisotopic (exact) mass is 322 g/mol. The lowest BCUT2D eigenvalue weighted by atomic mass is 9.93. The molecule has 0 bridgehead atoms. The highest BCUT2D eigenvalue weighted by Crippen LogP contribution is 2.23. The van der Waals surface area contributed by atoms with Crippen LogP contribution in [0, 0.1) is 5.92 Å². The van der Waals surface area contributed by atoms with Crippen LogP contribution < -0.4 is 5.56 Å². The van der Waals surface area contributed by atoms with Gasteiger partial charge < -0.3 is 4.98 Å². The van der Waals surface area contributed by atoms with Gasteiger partial charge in [0, 0.05) is 44.0 Å². The van der Waals surface area contributed by atoms with Crippen molar-refractivity contribution in [3.63, 3.8) is 0 Å². The van der Waals surface area contributed by atoms with Crippen LogP contribution in [0.3, 0.4) is 0 Å². The van der Waals surface area contributed by atoms with Crippen molar-refractivity contribution < 1.29 is 0 Å². The van der Waals surface area contributed by atoms with Gasteiger partial charge in [0.05, 0.1) is 11.3 Å². The van der Waals surface area contributed by atoms with Gasteiger partial charge in [0.2, 0.25) is 0 Å². The topological polar surface area (TPSA) is 61.9 Å². The van der Waals surface area contributed by atoms with Gasteiger partial charge in [-0.15, -0.1) is 0 Å². The number of nitrogens with zero attached hydrogens (tertiary/aromatic N) is 3. The highest BCUT2D eigenvalue weighted by molar-refractivity contribution is 5.53. The smallest absolute Gasteiger partial charge is 0.255 e. The summed E-state index contributed by atoms with van der Waals surface area (Å²) >= 11 is 0. The third-order valence-electron chi connectivity index (χ3n) is 4.98. The van der Waals surface area contributed by atoms with Crippen LogP contribution in [0.4, 0.5) is 0 Å². The van der Waals surface area contributed by atoms with E-state index in [1.54, 1.807) is 12.4 Å². The average Bonchev–Trinajstić information content (AvgIpc) is 2.64. The largest absolute Gasteiger partial charge is 0.306 e. The first kappa shape index (κ1) is 15.3. The Labute approximate surface area is 141 Å². The molecule has 0 amide bonds. The molecule has 1 unspecified atom stereocenters. The van der Waals surface area contributed by atoms with Gasteiger partial charge >= 0.3 is 0 Å². The second kappa shape index (κ2) is 6.69. The Morgan fingerprint density at radius 2 is 2.29 bits per heavy atom. The van der Waals surface area contributed by atoms with E-state index in [1.165, 1.54) is 12.8 Å². The van der Waals surface area contributed by atoms with Crippen LogP contribution in [-0.4, -0.2) is 32.9 Å². The Kier molecular flexibility index (Phi) is 4.26. The molecule has 0 spiro atoms. The number of aromatic amines is 1. The SMILES string of the molecule is O=c1[nH]c(-c2cccnc2)nc2c1CN(CC1CC=CCC1)CC2. The van der Waals surface area contributed by atoms with Crippen molar-refractivity contribution in [2.75, 3.05) is 13.1 Å². The molecular weight excluding hydrogens is 300 g/mol. The van der Waals surface area contributed by atoms with Crippen molar-refractivity contribution in [1.82, 2.24) is 19.9 Å². The van der Waals surface area contributed by atoms with Gasteiger partial charge in [0.15, 0.2) is 0 Å². The van der Waals surface area contributed by atoms with Crippen LogP contribution in [0.2, 0.25) is 0 Å². The van der Waals surface area contributed by atoms with Crippen molar-refractivity contribution in [2.24, 2.45) is 5.92 Å². The summed E-state index contributed by atoms with van der Waals surface area (Å²) in [6.07, 6.45) is 12.5. The Bertz CT molecular complexity index is 797. The summed E-state index contributed by atoms with van der Waals surface area (Å²) in [5, 5.41) is 0. The lowest BCUT2D eigenvalue weighted by molar-refractivity contribution is 0.204. The lowest BCUT2D eigenvalue weighted by Crippen LogP contribution is -2.38. The van der Waals surface area contributed by atoms with E-state index in [1.807, 2.05) is 12.1 Å². The molecular formula is C19H22N4O. The van der Waals surface area contributed by atoms with Crippen LogP contribution >= 0.6 is 0 Å². The first-order valence-corrected chi connectivity index (χ1v) is 8.69. The van der Waals surface area contributed by atoms with Crippen molar-refractivity contribution >= 4 is 0 Å². The van der Waals surface area contributed by atoms with E-state index in [0.717, 1.165) is 48.7 Å². The van der Waals surface area contributed by atoms with E-state index in [4.69, 9.17) is 4.98 Å². The summed E-state index contributed by atoms with van der Waals surface area (Å²) in [6.45, 7) is 2.77. The summed E-state index contributed by atoms with van der Waals surface area (Å²) < 4.78 is 0. The highest BCUT2D eigenvalue weighted by Gasteiger charge is 2.23. The Balaban J connectivity index is 1.54. The maximum atomic E-state index is 12.5. The molecule has 3 heterocycles. The van der Waals surface area contributed by atoms with Crippen LogP contribution in [0.15, 0.2) is 41.5 Å². The molecule has 1 N–H and O–H groups in total. The zero-order chi connectivity index (χ0) is 16.4. The molecule has 2 aromatic heterocycles. The van der Waals surface area contributed by atoms with E-state index >= 15 is 0 Å². The van der Waals surface area contributed by atoms with E-state index < -0.39 is 0 Å². The second-order valence-corrected chi connectivity index (χ2v) is 6.72. The predicted molar refractivity (Wildman–Crippen MR) is 93.6 cm³/mol. The minimum Gasteiger partial charge on any atom is -0.306 e. The number of rotatable bonds is 3. The van der Waals surface area contributed by atoms with Crippen LogP contribution in [0.1, 0.15) is 30.5 Å². The molecule has 2 aliphatic rings. The number of allylic oxidation sites excluding steroid dienone is 2. The summed E-state index contributed by atoms with van der Waals surface area (Å²) in [6, 6.07) is 3.78. The molecule has 2 aromatic rings. The molecule has 0 aromatic carbocycles. The molecule has 1 aliphatic carbocycles. The minimum atomic E-state index is -0.00732. The Morgan fingerprint density at radius 3 is 3.08 bits per heavy atom. The zero-order valence-electron chi connectivity index (χ0n) is 13.7. The summed E-state index contributed by atoms with van der Waals surface area (Å²) in [5.41, 5.74) is 2.62. The van der Waals surface area contributed by atoms with Gasteiger partial charge in [0.1, 0.15) is 5.82 Å². The van der Waals surface area contributed by atoms with Crippen LogP contribution in [-0.2, 0) is 13.0 Å². The fourth-order valence-corrected chi connectivity index (χ4v) is 3.66. The third-order valence-corrected chi connectivity index (χ3v) is 4.98. The molecule has 0 fully saturated rings. The molecule has 5 heteroatoms. The predicted octanol–water partition coefficient (Wildman–Crippen LogP) is 2.55. The number of H-pyrrole nitrogens is 1. The molecule has 1 aliphatic heterocycles. The van der Waals surface area contributed by atoms with E-state index in [9.17, 15) is 4.79 Å². The maximum Gasteiger partial charge on any atom is 0.255 e. The fourth-order valence-electron chi connectivity index (χ4n) is 3.66.